The van der Waals surface area contributed by atoms with Crippen LogP contribution in [0.15, 0.2) is 0 Å². The van der Waals surface area contributed by atoms with Crippen molar-refractivity contribution in [1.29, 1.82) is 0 Å². The van der Waals surface area contributed by atoms with Crippen LogP contribution in [0.4, 0.5) is 0 Å². The van der Waals surface area contributed by atoms with Crippen LogP contribution in [0.1, 0.15) is 0 Å². The number of rotatable bonds is 0. The van der Waals surface area contributed by atoms with Crippen LogP contribution >= 0.6 is 0 Å². The summed E-state index contributed by atoms with van der Waals surface area (Å²) in [5.41, 5.74) is 0. The van der Waals surface area contributed by atoms with Gasteiger partial charge in [-0.25, -0.2) is 0 Å². The van der Waals surface area contributed by atoms with Gasteiger partial charge in [0.25, 0.3) is 0 Å². The van der Waals surface area contributed by atoms with Crippen LogP contribution in [-0.2, 0) is 148 Å². The fraction of sp³-hybridized carbons (Fsp3) is 0. The van der Waals surface area contributed by atoms with Crippen molar-refractivity contribution in [2.24, 2.45) is 0 Å². The Balaban J connectivity index is 0. The van der Waals surface area contributed by atoms with Crippen molar-refractivity contribution in [3.05, 3.63) is 0 Å². The van der Waals surface area contributed by atoms with Crippen molar-refractivity contribution in [2.45, 2.75) is 0 Å². The molecule has 0 rings (SSSR count). The molecule has 0 nitrogen and oxygen atoms in total. The second-order valence-corrected chi connectivity index (χ2v) is 0. The van der Waals surface area contributed by atoms with Gasteiger partial charge in [-0.3, -0.25) is 0 Å². The molecule has 0 spiro atoms. The van der Waals surface area contributed by atoms with E-state index in [4.69, 9.17) is 0 Å². The Labute approximate surface area is 145 Å². The summed E-state index contributed by atoms with van der Waals surface area (Å²) in [6, 6.07) is 0. The predicted octanol–water partition coefficient (Wildman–Crippen LogP) is -0.0200. The Morgan fingerprint density at radius 2 is 0.125 bits per heavy atom. The van der Waals surface area contributed by atoms with Crippen molar-refractivity contribution < 1.29 is 148 Å². The monoisotopic (exact) mass is 408 g/mol. The second-order valence-electron chi connectivity index (χ2n) is 0. The quantitative estimate of drug-likeness (QED) is 0.530. The average Bonchev–Trinajstić information content (AvgIpc) is 0. The van der Waals surface area contributed by atoms with E-state index in [-0.39, 0.29) is 148 Å². The molecule has 8 heteroatoms. The summed E-state index contributed by atoms with van der Waals surface area (Å²) in [5.74, 6) is 0. The van der Waals surface area contributed by atoms with E-state index in [1.165, 1.54) is 0 Å². The summed E-state index contributed by atoms with van der Waals surface area (Å²) in [6.07, 6.45) is 0. The van der Waals surface area contributed by atoms with Gasteiger partial charge in [0.2, 0.25) is 0 Å². The molecule has 0 saturated carbocycles. The summed E-state index contributed by atoms with van der Waals surface area (Å²) >= 11 is 0. The minimum atomic E-state index is 0. The van der Waals surface area contributed by atoms with Crippen LogP contribution in [0, 0.1) is 0 Å². The van der Waals surface area contributed by atoms with Crippen molar-refractivity contribution >= 4 is 0 Å². The zero-order chi connectivity index (χ0) is 0. The molecule has 0 aliphatic heterocycles. The van der Waals surface area contributed by atoms with Gasteiger partial charge in [-0.1, -0.05) is 0 Å². The first-order valence-corrected chi connectivity index (χ1v) is 0. The van der Waals surface area contributed by atoms with E-state index in [1.54, 1.807) is 0 Å². The molecule has 0 fully saturated rings. The van der Waals surface area contributed by atoms with Gasteiger partial charge in [-0.05, 0) is 0 Å². The van der Waals surface area contributed by atoms with Crippen molar-refractivity contribution in [3.8, 4) is 0 Å². The SMILES string of the molecule is [V].[V].[V].[V].[V].[V].[V].[V]. The van der Waals surface area contributed by atoms with Crippen molar-refractivity contribution in [2.75, 3.05) is 0 Å². The minimum absolute atomic E-state index is 0. The zero-order valence-electron chi connectivity index (χ0n) is 3.58. The zero-order valence-corrected chi connectivity index (χ0v) is 14.8. The first-order chi connectivity index (χ1) is 0. The van der Waals surface area contributed by atoms with Crippen LogP contribution < -0.4 is 0 Å². The average molecular weight is 408 g/mol. The smallest absolute Gasteiger partial charge is 0 e. The van der Waals surface area contributed by atoms with Gasteiger partial charge in [-0.15, -0.1) is 0 Å². The summed E-state index contributed by atoms with van der Waals surface area (Å²) in [5, 5.41) is 0. The molecule has 0 atom stereocenters. The van der Waals surface area contributed by atoms with Gasteiger partial charge >= 0.3 is 0 Å². The van der Waals surface area contributed by atoms with Crippen LogP contribution in [-0.4, -0.2) is 0 Å². The van der Waals surface area contributed by atoms with E-state index in [0.717, 1.165) is 0 Å². The van der Waals surface area contributed by atoms with Crippen molar-refractivity contribution in [1.82, 2.24) is 0 Å². The Morgan fingerprint density at radius 3 is 0.125 bits per heavy atom. The third kappa shape index (κ3) is 45.7. The molecule has 0 amide bonds. The van der Waals surface area contributed by atoms with E-state index in [2.05, 4.69) is 0 Å². The molecule has 8 radical (unpaired) electrons. The normalized spacial score (nSPS) is 0. The molecule has 0 aromatic rings. The van der Waals surface area contributed by atoms with Crippen LogP contribution in [0.25, 0.3) is 0 Å². The molecule has 8 heavy (non-hydrogen) atoms. The van der Waals surface area contributed by atoms with Gasteiger partial charge in [0.1, 0.15) is 0 Å². The number of hydrogen-bond donors (Lipinski definition) is 0. The molecule has 0 aromatic heterocycles. The maximum Gasteiger partial charge on any atom is 0 e. The molecule has 0 heterocycles. The Kier molecular flexibility index (Phi) is 601. The topological polar surface area (TPSA) is 0 Å². The molecule has 0 aliphatic rings. The van der Waals surface area contributed by atoms with Gasteiger partial charge in [0.05, 0.1) is 0 Å². The van der Waals surface area contributed by atoms with E-state index in [0.29, 0.717) is 0 Å². The predicted molar refractivity (Wildman–Crippen MR) is 0 cm³/mol. The van der Waals surface area contributed by atoms with E-state index >= 15 is 0 Å². The molecule has 40 valence electrons. The van der Waals surface area contributed by atoms with Crippen LogP contribution in [0.3, 0.4) is 0 Å². The Morgan fingerprint density at radius 1 is 0.125 bits per heavy atom. The summed E-state index contributed by atoms with van der Waals surface area (Å²) in [7, 11) is 0. The minimum Gasteiger partial charge on any atom is 0 e. The second kappa shape index (κ2) is 60.9. The first kappa shape index (κ1) is 79.0. The van der Waals surface area contributed by atoms with Gasteiger partial charge in [-0.2, -0.15) is 0 Å². The molecular weight excluding hydrogens is 408 g/mol. The Hall–Kier alpha value is 4.68. The van der Waals surface area contributed by atoms with Gasteiger partial charge in [0, 0.05) is 148 Å². The fourth-order valence-electron chi connectivity index (χ4n) is 0. The van der Waals surface area contributed by atoms with Gasteiger partial charge in [0.15, 0.2) is 0 Å². The summed E-state index contributed by atoms with van der Waals surface area (Å²) in [6.45, 7) is 0. The van der Waals surface area contributed by atoms with Gasteiger partial charge < -0.3 is 0 Å². The molecule has 0 N–H and O–H groups in total. The fourth-order valence-corrected chi connectivity index (χ4v) is 0. The summed E-state index contributed by atoms with van der Waals surface area (Å²) < 4.78 is 0. The maximum atomic E-state index is 0. The summed E-state index contributed by atoms with van der Waals surface area (Å²) in [4.78, 5) is 0. The third-order valence-electron chi connectivity index (χ3n) is 0. The molecule has 0 aliphatic carbocycles. The Bertz CT molecular complexity index is 0. The maximum absolute atomic E-state index is 0. The molecular formula is V8. The first-order valence-electron chi connectivity index (χ1n) is 0. The van der Waals surface area contributed by atoms with Crippen LogP contribution in [0.5, 0.6) is 0 Å². The molecule has 0 bridgehead atoms. The van der Waals surface area contributed by atoms with E-state index in [1.807, 2.05) is 0 Å². The van der Waals surface area contributed by atoms with E-state index in [9.17, 15) is 0 Å². The molecule has 0 unspecified atom stereocenters. The molecule has 0 saturated heterocycles. The van der Waals surface area contributed by atoms with E-state index < -0.39 is 0 Å². The molecule has 0 aromatic carbocycles. The largest absolute Gasteiger partial charge is 0 e. The van der Waals surface area contributed by atoms with Crippen molar-refractivity contribution in [3.63, 3.8) is 0 Å². The number of hydrogen-bond acceptors (Lipinski definition) is 0. The van der Waals surface area contributed by atoms with Crippen LogP contribution in [0.2, 0.25) is 0 Å². The third-order valence-corrected chi connectivity index (χ3v) is 0. The standard InChI is InChI=1S/8V.